The third-order valence-corrected chi connectivity index (χ3v) is 4.63. The topological polar surface area (TPSA) is 27.6 Å². The SMILES string of the molecule is CCNC(=NCCSC)N1CCC2(CCC2)C1.I. The van der Waals surface area contributed by atoms with Crippen LogP contribution in [0.15, 0.2) is 4.99 Å². The summed E-state index contributed by atoms with van der Waals surface area (Å²) in [5.74, 6) is 2.26. The van der Waals surface area contributed by atoms with Crippen LogP contribution in [-0.2, 0) is 0 Å². The number of halogens is 1. The molecule has 1 saturated heterocycles. The first-order chi connectivity index (χ1) is 8.29. The highest BCUT2D eigenvalue weighted by molar-refractivity contribution is 14.0. The van der Waals surface area contributed by atoms with E-state index in [0.29, 0.717) is 5.41 Å². The predicted octanol–water partition coefficient (Wildman–Crippen LogP) is 2.81. The van der Waals surface area contributed by atoms with Gasteiger partial charge in [-0.25, -0.2) is 0 Å². The van der Waals surface area contributed by atoms with Crippen molar-refractivity contribution < 1.29 is 0 Å². The lowest BCUT2D eigenvalue weighted by molar-refractivity contribution is 0.151. The quantitative estimate of drug-likeness (QED) is 0.350. The number of nitrogens with zero attached hydrogens (tertiary/aromatic N) is 2. The molecule has 0 atom stereocenters. The van der Waals surface area contributed by atoms with Gasteiger partial charge in [-0.2, -0.15) is 11.8 Å². The molecule has 0 aromatic carbocycles. The molecule has 1 heterocycles. The number of nitrogens with one attached hydrogen (secondary N) is 1. The first-order valence-corrected chi connectivity index (χ1v) is 8.21. The molecule has 3 nitrogen and oxygen atoms in total. The molecular weight excluding hydrogens is 357 g/mol. The van der Waals surface area contributed by atoms with Gasteiger partial charge in [0.25, 0.3) is 0 Å². The highest BCUT2D eigenvalue weighted by Gasteiger charge is 2.43. The Morgan fingerprint density at radius 3 is 2.67 bits per heavy atom. The Balaban J connectivity index is 0.00000162. The van der Waals surface area contributed by atoms with E-state index in [0.717, 1.165) is 24.8 Å². The lowest BCUT2D eigenvalue weighted by Crippen LogP contribution is -2.42. The number of hydrogen-bond donors (Lipinski definition) is 1. The molecule has 0 amide bonds. The molecule has 0 radical (unpaired) electrons. The number of hydrogen-bond acceptors (Lipinski definition) is 2. The summed E-state index contributed by atoms with van der Waals surface area (Å²) in [7, 11) is 0. The van der Waals surface area contributed by atoms with Gasteiger partial charge >= 0.3 is 0 Å². The Morgan fingerprint density at radius 1 is 1.39 bits per heavy atom. The van der Waals surface area contributed by atoms with E-state index in [2.05, 4.69) is 23.4 Å². The Morgan fingerprint density at radius 2 is 2.17 bits per heavy atom. The molecule has 106 valence electrons. The van der Waals surface area contributed by atoms with E-state index < -0.39 is 0 Å². The van der Waals surface area contributed by atoms with Crippen molar-refractivity contribution in [2.75, 3.05) is 38.2 Å². The normalized spacial score (nSPS) is 21.7. The van der Waals surface area contributed by atoms with E-state index in [1.54, 1.807) is 0 Å². The second-order valence-electron chi connectivity index (χ2n) is 5.25. The minimum Gasteiger partial charge on any atom is -0.357 e. The monoisotopic (exact) mass is 383 g/mol. The molecule has 1 saturated carbocycles. The summed E-state index contributed by atoms with van der Waals surface area (Å²) < 4.78 is 0. The summed E-state index contributed by atoms with van der Waals surface area (Å²) in [5, 5.41) is 3.44. The van der Waals surface area contributed by atoms with Crippen molar-refractivity contribution in [1.29, 1.82) is 0 Å². The maximum absolute atomic E-state index is 4.72. The van der Waals surface area contributed by atoms with Crippen molar-refractivity contribution in [1.82, 2.24) is 10.2 Å². The van der Waals surface area contributed by atoms with Crippen LogP contribution < -0.4 is 5.32 Å². The zero-order valence-corrected chi connectivity index (χ0v) is 14.7. The first-order valence-electron chi connectivity index (χ1n) is 6.82. The fraction of sp³-hybridized carbons (Fsp3) is 0.923. The lowest BCUT2D eigenvalue weighted by Gasteiger charge is -2.38. The van der Waals surface area contributed by atoms with Crippen molar-refractivity contribution in [2.45, 2.75) is 32.6 Å². The molecule has 1 aliphatic heterocycles. The van der Waals surface area contributed by atoms with Crippen molar-refractivity contribution >= 4 is 41.7 Å². The molecular formula is C13H26IN3S. The molecule has 2 rings (SSSR count). The highest BCUT2D eigenvalue weighted by atomic mass is 127. The third kappa shape index (κ3) is 3.92. The summed E-state index contributed by atoms with van der Waals surface area (Å²) in [6.07, 6.45) is 7.83. The van der Waals surface area contributed by atoms with Crippen molar-refractivity contribution in [3.63, 3.8) is 0 Å². The number of thioether (sulfide) groups is 1. The van der Waals surface area contributed by atoms with Crippen LogP contribution in [0.2, 0.25) is 0 Å². The highest BCUT2D eigenvalue weighted by Crippen LogP contribution is 2.47. The van der Waals surface area contributed by atoms with E-state index >= 15 is 0 Å². The number of likely N-dealkylation sites (tertiary alicyclic amines) is 1. The van der Waals surface area contributed by atoms with Crippen LogP contribution in [0.1, 0.15) is 32.6 Å². The molecule has 18 heavy (non-hydrogen) atoms. The zero-order chi connectivity index (χ0) is 12.1. The molecule has 0 unspecified atom stereocenters. The van der Waals surface area contributed by atoms with Gasteiger partial charge in [0, 0.05) is 25.4 Å². The fourth-order valence-electron chi connectivity index (χ4n) is 2.87. The lowest BCUT2D eigenvalue weighted by atomic mass is 9.68. The van der Waals surface area contributed by atoms with Crippen LogP contribution in [0.25, 0.3) is 0 Å². The van der Waals surface area contributed by atoms with Gasteiger partial charge in [-0.05, 0) is 37.9 Å². The average molecular weight is 383 g/mol. The maximum atomic E-state index is 4.72. The van der Waals surface area contributed by atoms with E-state index in [-0.39, 0.29) is 24.0 Å². The Labute approximate surface area is 133 Å². The van der Waals surface area contributed by atoms with Crippen molar-refractivity contribution in [3.8, 4) is 0 Å². The second kappa shape index (κ2) is 7.82. The molecule has 2 aliphatic rings. The van der Waals surface area contributed by atoms with E-state index in [9.17, 15) is 0 Å². The summed E-state index contributed by atoms with van der Waals surface area (Å²) in [5.41, 5.74) is 0.662. The Hall–Kier alpha value is 0.350. The summed E-state index contributed by atoms with van der Waals surface area (Å²) >= 11 is 1.87. The molecule has 0 aromatic rings. The number of aliphatic imine (C=N–C) groups is 1. The van der Waals surface area contributed by atoms with E-state index in [4.69, 9.17) is 4.99 Å². The number of rotatable bonds is 4. The van der Waals surface area contributed by atoms with E-state index in [1.807, 2.05) is 11.8 Å². The van der Waals surface area contributed by atoms with Gasteiger partial charge in [0.2, 0.25) is 0 Å². The van der Waals surface area contributed by atoms with Crippen LogP contribution in [0.5, 0.6) is 0 Å². The Bertz CT molecular complexity index is 279. The molecule has 1 N–H and O–H groups in total. The third-order valence-electron chi connectivity index (χ3n) is 4.04. The zero-order valence-electron chi connectivity index (χ0n) is 11.6. The first kappa shape index (κ1) is 16.4. The van der Waals surface area contributed by atoms with Crippen molar-refractivity contribution in [3.05, 3.63) is 0 Å². The molecule has 2 fully saturated rings. The predicted molar refractivity (Wildman–Crippen MR) is 92.2 cm³/mol. The summed E-state index contributed by atoms with van der Waals surface area (Å²) in [6, 6.07) is 0. The van der Waals surface area contributed by atoms with Gasteiger partial charge in [0.15, 0.2) is 5.96 Å². The summed E-state index contributed by atoms with van der Waals surface area (Å²) in [6.45, 7) is 6.50. The van der Waals surface area contributed by atoms with Gasteiger partial charge in [-0.3, -0.25) is 4.99 Å². The molecule has 0 bridgehead atoms. The van der Waals surface area contributed by atoms with Gasteiger partial charge in [0.1, 0.15) is 0 Å². The van der Waals surface area contributed by atoms with Crippen LogP contribution in [0.3, 0.4) is 0 Å². The van der Waals surface area contributed by atoms with Gasteiger partial charge < -0.3 is 10.2 Å². The van der Waals surface area contributed by atoms with Crippen LogP contribution in [-0.4, -0.2) is 49.0 Å². The second-order valence-corrected chi connectivity index (χ2v) is 6.24. The minimum atomic E-state index is 0. The molecule has 5 heteroatoms. The van der Waals surface area contributed by atoms with Gasteiger partial charge in [0.05, 0.1) is 6.54 Å². The molecule has 1 spiro atoms. The standard InChI is InChI=1S/C13H25N3S.HI/c1-3-14-12(15-8-10-17-2)16-9-7-13(11-16)5-4-6-13;/h3-11H2,1-2H3,(H,14,15);1H. The molecule has 1 aliphatic carbocycles. The number of guanidine groups is 1. The van der Waals surface area contributed by atoms with Crippen LogP contribution in [0.4, 0.5) is 0 Å². The van der Waals surface area contributed by atoms with Crippen molar-refractivity contribution in [2.24, 2.45) is 10.4 Å². The van der Waals surface area contributed by atoms with Gasteiger partial charge in [-0.1, -0.05) is 6.42 Å². The van der Waals surface area contributed by atoms with Gasteiger partial charge in [-0.15, -0.1) is 24.0 Å². The Kier molecular flexibility index (Phi) is 7.13. The van der Waals surface area contributed by atoms with Crippen LogP contribution in [0, 0.1) is 5.41 Å². The largest absolute Gasteiger partial charge is 0.357 e. The average Bonchev–Trinajstić information content (AvgIpc) is 2.73. The maximum Gasteiger partial charge on any atom is 0.193 e. The van der Waals surface area contributed by atoms with Crippen LogP contribution >= 0.6 is 35.7 Å². The van der Waals surface area contributed by atoms with E-state index in [1.165, 1.54) is 38.8 Å². The summed E-state index contributed by atoms with van der Waals surface area (Å²) in [4.78, 5) is 7.19. The molecule has 0 aromatic heterocycles. The minimum absolute atomic E-state index is 0. The smallest absolute Gasteiger partial charge is 0.193 e. The fourth-order valence-corrected chi connectivity index (χ4v) is 3.14.